The molecule has 2 amide bonds. The third-order valence-electron chi connectivity index (χ3n) is 4.14. The fourth-order valence-electron chi connectivity index (χ4n) is 2.68. The molecule has 0 unspecified atom stereocenters. The second-order valence-corrected chi connectivity index (χ2v) is 6.61. The van der Waals surface area contributed by atoms with E-state index >= 15 is 0 Å². The zero-order valence-corrected chi connectivity index (χ0v) is 17.8. The third-order valence-corrected chi connectivity index (χ3v) is 4.14. The van der Waals surface area contributed by atoms with Gasteiger partial charge in [0.2, 0.25) is 5.91 Å². The van der Waals surface area contributed by atoms with Crippen LogP contribution < -0.4 is 24.8 Å². The summed E-state index contributed by atoms with van der Waals surface area (Å²) in [6.45, 7) is 5.43. The van der Waals surface area contributed by atoms with Gasteiger partial charge in [-0.1, -0.05) is 26.0 Å². The number of anilines is 1. The van der Waals surface area contributed by atoms with Crippen molar-refractivity contribution in [3.8, 4) is 17.2 Å². The first-order chi connectivity index (χ1) is 14.6. The SMILES string of the molecule is CCCOc1ccc(NC(=O)CCNC(=O)c2ccccc2OC)cc1OCCC. The first kappa shape index (κ1) is 23.1. The number of hydrogen-bond acceptors (Lipinski definition) is 5. The number of carbonyl (C=O) groups excluding carboxylic acids is 2. The van der Waals surface area contributed by atoms with E-state index in [4.69, 9.17) is 14.2 Å². The minimum Gasteiger partial charge on any atom is -0.496 e. The summed E-state index contributed by atoms with van der Waals surface area (Å²) in [4.78, 5) is 24.6. The minimum absolute atomic E-state index is 0.139. The van der Waals surface area contributed by atoms with Gasteiger partial charge in [0.05, 0.1) is 25.9 Å². The van der Waals surface area contributed by atoms with Crippen LogP contribution in [0.4, 0.5) is 5.69 Å². The van der Waals surface area contributed by atoms with Crippen LogP contribution in [0.15, 0.2) is 42.5 Å². The smallest absolute Gasteiger partial charge is 0.255 e. The summed E-state index contributed by atoms with van der Waals surface area (Å²) in [5.41, 5.74) is 1.05. The van der Waals surface area contributed by atoms with Crippen LogP contribution in [0.1, 0.15) is 43.5 Å². The number of nitrogens with one attached hydrogen (secondary N) is 2. The molecule has 30 heavy (non-hydrogen) atoms. The van der Waals surface area contributed by atoms with E-state index < -0.39 is 0 Å². The van der Waals surface area contributed by atoms with Crippen molar-refractivity contribution in [1.82, 2.24) is 5.32 Å². The molecule has 0 spiro atoms. The molecular weight excluding hydrogens is 384 g/mol. The monoisotopic (exact) mass is 414 g/mol. The number of methoxy groups -OCH3 is 1. The van der Waals surface area contributed by atoms with E-state index in [2.05, 4.69) is 10.6 Å². The zero-order chi connectivity index (χ0) is 21.8. The Hall–Kier alpha value is -3.22. The van der Waals surface area contributed by atoms with Gasteiger partial charge in [-0.05, 0) is 37.1 Å². The Balaban J connectivity index is 1.90. The second-order valence-electron chi connectivity index (χ2n) is 6.61. The quantitative estimate of drug-likeness (QED) is 0.548. The lowest BCUT2D eigenvalue weighted by Crippen LogP contribution is -2.28. The number of ether oxygens (including phenoxy) is 3. The molecule has 0 aliphatic heterocycles. The summed E-state index contributed by atoms with van der Waals surface area (Å²) in [5, 5.41) is 5.57. The van der Waals surface area contributed by atoms with Crippen LogP contribution >= 0.6 is 0 Å². The highest BCUT2D eigenvalue weighted by Gasteiger charge is 2.12. The van der Waals surface area contributed by atoms with Crippen molar-refractivity contribution in [2.75, 3.05) is 32.2 Å². The summed E-state index contributed by atoms with van der Waals surface area (Å²) < 4.78 is 16.6. The molecule has 2 rings (SSSR count). The average Bonchev–Trinajstić information content (AvgIpc) is 2.76. The van der Waals surface area contributed by atoms with E-state index in [9.17, 15) is 9.59 Å². The topological polar surface area (TPSA) is 85.9 Å². The maximum Gasteiger partial charge on any atom is 0.255 e. The Labute approximate surface area is 177 Å². The molecule has 0 aromatic heterocycles. The van der Waals surface area contributed by atoms with Crippen molar-refractivity contribution in [3.05, 3.63) is 48.0 Å². The van der Waals surface area contributed by atoms with Gasteiger partial charge in [0, 0.05) is 24.7 Å². The molecule has 0 heterocycles. The number of rotatable bonds is 12. The maximum atomic E-state index is 12.3. The lowest BCUT2D eigenvalue weighted by atomic mass is 10.2. The highest BCUT2D eigenvalue weighted by Crippen LogP contribution is 2.31. The van der Waals surface area contributed by atoms with Gasteiger partial charge < -0.3 is 24.8 Å². The fourth-order valence-corrected chi connectivity index (χ4v) is 2.68. The van der Waals surface area contributed by atoms with E-state index in [0.717, 1.165) is 12.8 Å². The van der Waals surface area contributed by atoms with Gasteiger partial charge in [0.15, 0.2) is 11.5 Å². The van der Waals surface area contributed by atoms with Crippen LogP contribution in [0.2, 0.25) is 0 Å². The van der Waals surface area contributed by atoms with Crippen molar-refractivity contribution < 1.29 is 23.8 Å². The highest BCUT2D eigenvalue weighted by molar-refractivity contribution is 5.97. The van der Waals surface area contributed by atoms with Crippen LogP contribution in [0.5, 0.6) is 17.2 Å². The van der Waals surface area contributed by atoms with Crippen LogP contribution in [-0.4, -0.2) is 38.7 Å². The molecule has 0 aliphatic rings. The molecule has 0 saturated carbocycles. The Kier molecular flexibility index (Phi) is 9.51. The molecule has 2 N–H and O–H groups in total. The van der Waals surface area contributed by atoms with E-state index in [1.807, 2.05) is 13.8 Å². The average molecular weight is 415 g/mol. The molecule has 2 aromatic carbocycles. The molecule has 0 saturated heterocycles. The van der Waals surface area contributed by atoms with Crippen LogP contribution in [0.3, 0.4) is 0 Å². The number of para-hydroxylation sites is 1. The highest BCUT2D eigenvalue weighted by atomic mass is 16.5. The molecule has 0 bridgehead atoms. The first-order valence-corrected chi connectivity index (χ1v) is 10.2. The van der Waals surface area contributed by atoms with Gasteiger partial charge in [-0.3, -0.25) is 9.59 Å². The molecule has 0 aliphatic carbocycles. The summed E-state index contributed by atoms with van der Waals surface area (Å²) in [6, 6.07) is 12.3. The van der Waals surface area contributed by atoms with Gasteiger partial charge in [-0.25, -0.2) is 0 Å². The Bertz CT molecular complexity index is 838. The van der Waals surface area contributed by atoms with E-state index in [1.165, 1.54) is 7.11 Å². The van der Waals surface area contributed by atoms with E-state index in [1.54, 1.807) is 42.5 Å². The number of hydrogen-bond donors (Lipinski definition) is 2. The third kappa shape index (κ3) is 6.99. The lowest BCUT2D eigenvalue weighted by molar-refractivity contribution is -0.116. The molecule has 0 fully saturated rings. The maximum absolute atomic E-state index is 12.3. The predicted octanol–water partition coefficient (Wildman–Crippen LogP) is 4.03. The first-order valence-electron chi connectivity index (χ1n) is 10.2. The largest absolute Gasteiger partial charge is 0.496 e. The second kappa shape index (κ2) is 12.4. The molecule has 7 heteroatoms. The number of amides is 2. The lowest BCUT2D eigenvalue weighted by Gasteiger charge is -2.14. The van der Waals surface area contributed by atoms with Crippen molar-refractivity contribution in [2.24, 2.45) is 0 Å². The predicted molar refractivity (Wildman–Crippen MR) is 117 cm³/mol. The van der Waals surface area contributed by atoms with Gasteiger partial charge >= 0.3 is 0 Å². The molecule has 0 atom stereocenters. The van der Waals surface area contributed by atoms with Crippen LogP contribution in [0.25, 0.3) is 0 Å². The molecular formula is C23H30N2O5. The van der Waals surface area contributed by atoms with E-state index in [-0.39, 0.29) is 24.8 Å². The molecule has 0 radical (unpaired) electrons. The van der Waals surface area contributed by atoms with Gasteiger partial charge in [-0.2, -0.15) is 0 Å². The summed E-state index contributed by atoms with van der Waals surface area (Å²) in [6.07, 6.45) is 1.90. The van der Waals surface area contributed by atoms with Gasteiger partial charge in [0.25, 0.3) is 5.91 Å². The van der Waals surface area contributed by atoms with Crippen LogP contribution in [-0.2, 0) is 4.79 Å². The van der Waals surface area contributed by atoms with Gasteiger partial charge in [-0.15, -0.1) is 0 Å². The summed E-state index contributed by atoms with van der Waals surface area (Å²) >= 11 is 0. The number of benzene rings is 2. The van der Waals surface area contributed by atoms with Crippen molar-refractivity contribution in [2.45, 2.75) is 33.1 Å². The minimum atomic E-state index is -0.284. The van der Waals surface area contributed by atoms with Gasteiger partial charge in [0.1, 0.15) is 5.75 Å². The summed E-state index contributed by atoms with van der Waals surface area (Å²) in [7, 11) is 1.51. The molecule has 2 aromatic rings. The van der Waals surface area contributed by atoms with Crippen LogP contribution in [0, 0.1) is 0 Å². The van der Waals surface area contributed by atoms with Crippen molar-refractivity contribution >= 4 is 17.5 Å². The standard InChI is InChI=1S/C23H30N2O5/c1-4-14-29-20-11-10-17(16-21(20)30-15-5-2)25-22(26)12-13-24-23(27)18-8-6-7-9-19(18)28-3/h6-11,16H,4-5,12-15H2,1-3H3,(H,24,27)(H,25,26). The summed E-state index contributed by atoms with van der Waals surface area (Å²) in [5.74, 6) is 1.26. The molecule has 7 nitrogen and oxygen atoms in total. The zero-order valence-electron chi connectivity index (χ0n) is 17.8. The number of carbonyl (C=O) groups is 2. The fraction of sp³-hybridized carbons (Fsp3) is 0.391. The molecule has 162 valence electrons. The van der Waals surface area contributed by atoms with E-state index in [0.29, 0.717) is 41.7 Å². The van der Waals surface area contributed by atoms with Crippen molar-refractivity contribution in [3.63, 3.8) is 0 Å². The normalized spacial score (nSPS) is 10.2. The Morgan fingerprint density at radius 1 is 0.900 bits per heavy atom. The Morgan fingerprint density at radius 3 is 2.30 bits per heavy atom. The van der Waals surface area contributed by atoms with Crippen molar-refractivity contribution in [1.29, 1.82) is 0 Å². The Morgan fingerprint density at radius 2 is 1.60 bits per heavy atom.